The van der Waals surface area contributed by atoms with Gasteiger partial charge in [0.2, 0.25) is 5.89 Å². The number of rotatable bonds is 7. The number of ether oxygens (including phenoxy) is 1. The lowest BCUT2D eigenvalue weighted by Gasteiger charge is -2.15. The van der Waals surface area contributed by atoms with Gasteiger partial charge in [-0.25, -0.2) is 0 Å². The van der Waals surface area contributed by atoms with Crippen LogP contribution in [0.2, 0.25) is 0 Å². The third kappa shape index (κ3) is 4.43. The highest BCUT2D eigenvalue weighted by Crippen LogP contribution is 2.27. The monoisotopic (exact) mass is 378 g/mol. The minimum atomic E-state index is 0.0129. The van der Waals surface area contributed by atoms with E-state index < -0.39 is 0 Å². The van der Waals surface area contributed by atoms with Crippen molar-refractivity contribution in [1.82, 2.24) is 20.0 Å². The number of pyridine rings is 1. The number of aromatic nitrogens is 3. The summed E-state index contributed by atoms with van der Waals surface area (Å²) in [5, 5.41) is 4.06. The number of hydrogen-bond acceptors (Lipinski definition) is 6. The summed E-state index contributed by atoms with van der Waals surface area (Å²) < 4.78 is 11.1. The van der Waals surface area contributed by atoms with E-state index in [1.807, 2.05) is 35.2 Å². The number of hydrogen-bond donors (Lipinski definition) is 0. The number of amides is 1. The number of carbonyl (C=O) groups excluding carboxylic acids is 1. The molecule has 1 saturated heterocycles. The molecular weight excluding hydrogens is 356 g/mol. The topological polar surface area (TPSA) is 81.4 Å². The quantitative estimate of drug-likeness (QED) is 0.588. The molecule has 0 saturated carbocycles. The Kier molecular flexibility index (Phi) is 5.72. The highest BCUT2D eigenvalue weighted by atomic mass is 16.5. The molecule has 3 aromatic rings. The minimum Gasteiger partial charge on any atom is -0.376 e. The second-order valence-electron chi connectivity index (χ2n) is 6.81. The van der Waals surface area contributed by atoms with Gasteiger partial charge in [0.25, 0.3) is 5.91 Å². The van der Waals surface area contributed by atoms with Crippen LogP contribution in [0.25, 0.3) is 0 Å². The van der Waals surface area contributed by atoms with Crippen molar-refractivity contribution in [1.29, 1.82) is 0 Å². The van der Waals surface area contributed by atoms with Crippen molar-refractivity contribution in [2.24, 2.45) is 0 Å². The van der Waals surface area contributed by atoms with E-state index in [1.165, 1.54) is 0 Å². The van der Waals surface area contributed by atoms with E-state index in [2.05, 4.69) is 15.1 Å². The second kappa shape index (κ2) is 8.75. The van der Waals surface area contributed by atoms with Crippen LogP contribution in [0.3, 0.4) is 0 Å². The van der Waals surface area contributed by atoms with Crippen molar-refractivity contribution in [3.05, 3.63) is 77.7 Å². The number of likely N-dealkylation sites (tertiary alicyclic amines) is 1. The average Bonchev–Trinajstić information content (AvgIpc) is 3.42. The van der Waals surface area contributed by atoms with Crippen LogP contribution in [-0.2, 0) is 17.8 Å². The summed E-state index contributed by atoms with van der Waals surface area (Å²) in [6.45, 7) is 2.38. The van der Waals surface area contributed by atoms with Gasteiger partial charge in [0, 0.05) is 37.5 Å². The molecule has 3 heterocycles. The largest absolute Gasteiger partial charge is 0.376 e. The molecule has 1 unspecified atom stereocenters. The van der Waals surface area contributed by atoms with Crippen LogP contribution in [-0.4, -0.2) is 45.6 Å². The normalized spacial score (nSPS) is 16.4. The van der Waals surface area contributed by atoms with E-state index in [-0.39, 0.29) is 11.8 Å². The maximum Gasteiger partial charge on any atom is 0.253 e. The molecule has 7 nitrogen and oxygen atoms in total. The Labute approximate surface area is 163 Å². The maximum absolute atomic E-state index is 12.5. The Morgan fingerprint density at radius 3 is 2.82 bits per heavy atom. The summed E-state index contributed by atoms with van der Waals surface area (Å²) in [7, 11) is 0. The van der Waals surface area contributed by atoms with Gasteiger partial charge in [0.15, 0.2) is 5.82 Å². The summed E-state index contributed by atoms with van der Waals surface area (Å²) in [6, 6.07) is 13.5. The van der Waals surface area contributed by atoms with Gasteiger partial charge in [-0.15, -0.1) is 0 Å². The van der Waals surface area contributed by atoms with Gasteiger partial charge < -0.3 is 14.2 Å². The van der Waals surface area contributed by atoms with Gasteiger partial charge in [0.05, 0.1) is 19.1 Å². The number of benzene rings is 1. The summed E-state index contributed by atoms with van der Waals surface area (Å²) in [5.74, 6) is 1.33. The maximum atomic E-state index is 12.5. The summed E-state index contributed by atoms with van der Waals surface area (Å²) in [5.41, 5.74) is 1.79. The Hall–Kier alpha value is -3.06. The van der Waals surface area contributed by atoms with Crippen LogP contribution < -0.4 is 0 Å². The lowest BCUT2D eigenvalue weighted by molar-refractivity contribution is 0.0789. The Morgan fingerprint density at radius 1 is 1.18 bits per heavy atom. The Balaban J connectivity index is 1.26. The zero-order valence-electron chi connectivity index (χ0n) is 15.5. The van der Waals surface area contributed by atoms with Crippen molar-refractivity contribution in [2.75, 3.05) is 19.7 Å². The fourth-order valence-corrected chi connectivity index (χ4v) is 3.29. The summed E-state index contributed by atoms with van der Waals surface area (Å²) in [4.78, 5) is 22.8. The lowest BCUT2D eigenvalue weighted by atomic mass is 10.1. The van der Waals surface area contributed by atoms with E-state index in [1.54, 1.807) is 24.5 Å². The van der Waals surface area contributed by atoms with E-state index >= 15 is 0 Å². The Morgan fingerprint density at radius 2 is 2.00 bits per heavy atom. The van der Waals surface area contributed by atoms with E-state index in [9.17, 15) is 4.79 Å². The molecule has 1 fully saturated rings. The van der Waals surface area contributed by atoms with Crippen LogP contribution >= 0.6 is 0 Å². The standard InChI is InChI=1S/C21H22N4O3/c26-21(17-6-10-22-11-7-17)25-12-8-18(14-25)20-23-19(24-28-20)9-13-27-15-16-4-2-1-3-5-16/h1-7,10-11,18H,8-9,12-15H2. The molecule has 0 N–H and O–H groups in total. The third-order valence-corrected chi connectivity index (χ3v) is 4.82. The van der Waals surface area contributed by atoms with Crippen LogP contribution in [0.5, 0.6) is 0 Å². The van der Waals surface area contributed by atoms with Crippen LogP contribution in [0, 0.1) is 0 Å². The zero-order chi connectivity index (χ0) is 19.2. The summed E-state index contributed by atoms with van der Waals surface area (Å²) in [6.07, 6.45) is 4.68. The molecule has 7 heteroatoms. The van der Waals surface area contributed by atoms with Crippen molar-refractivity contribution in [3.63, 3.8) is 0 Å². The lowest BCUT2D eigenvalue weighted by Crippen LogP contribution is -2.28. The molecule has 0 aliphatic carbocycles. The molecule has 144 valence electrons. The molecule has 1 aromatic carbocycles. The first-order chi connectivity index (χ1) is 13.8. The fraction of sp³-hybridized carbons (Fsp3) is 0.333. The third-order valence-electron chi connectivity index (χ3n) is 4.82. The molecule has 28 heavy (non-hydrogen) atoms. The first-order valence-electron chi connectivity index (χ1n) is 9.43. The van der Waals surface area contributed by atoms with E-state index in [0.717, 1.165) is 12.0 Å². The first kappa shape index (κ1) is 18.3. The van der Waals surface area contributed by atoms with Gasteiger partial charge in [-0.3, -0.25) is 9.78 Å². The zero-order valence-corrected chi connectivity index (χ0v) is 15.5. The summed E-state index contributed by atoms with van der Waals surface area (Å²) >= 11 is 0. The van der Waals surface area contributed by atoms with Crippen molar-refractivity contribution >= 4 is 5.91 Å². The molecule has 1 atom stereocenters. The fourth-order valence-electron chi connectivity index (χ4n) is 3.29. The molecule has 1 aliphatic heterocycles. The number of nitrogens with zero attached hydrogens (tertiary/aromatic N) is 4. The first-order valence-corrected chi connectivity index (χ1v) is 9.43. The molecular formula is C21H22N4O3. The smallest absolute Gasteiger partial charge is 0.253 e. The van der Waals surface area contributed by atoms with Crippen molar-refractivity contribution in [3.8, 4) is 0 Å². The highest BCUT2D eigenvalue weighted by molar-refractivity contribution is 5.94. The predicted molar refractivity (Wildman–Crippen MR) is 102 cm³/mol. The van der Waals surface area contributed by atoms with E-state index in [0.29, 0.717) is 50.0 Å². The van der Waals surface area contributed by atoms with Gasteiger partial charge >= 0.3 is 0 Å². The molecule has 0 spiro atoms. The molecule has 4 rings (SSSR count). The van der Waals surface area contributed by atoms with Gasteiger partial charge in [-0.2, -0.15) is 4.98 Å². The molecule has 0 bridgehead atoms. The Bertz CT molecular complexity index is 898. The molecule has 2 aromatic heterocycles. The second-order valence-corrected chi connectivity index (χ2v) is 6.81. The predicted octanol–water partition coefficient (Wildman–Crippen LogP) is 2.85. The van der Waals surface area contributed by atoms with Gasteiger partial charge in [-0.05, 0) is 24.1 Å². The van der Waals surface area contributed by atoms with Crippen LogP contribution in [0.15, 0.2) is 59.4 Å². The van der Waals surface area contributed by atoms with Gasteiger partial charge in [-0.1, -0.05) is 35.5 Å². The van der Waals surface area contributed by atoms with E-state index in [4.69, 9.17) is 9.26 Å². The number of carbonyl (C=O) groups is 1. The van der Waals surface area contributed by atoms with Crippen LogP contribution in [0.1, 0.15) is 40.0 Å². The van der Waals surface area contributed by atoms with Gasteiger partial charge in [0.1, 0.15) is 0 Å². The van der Waals surface area contributed by atoms with Crippen molar-refractivity contribution < 1.29 is 14.1 Å². The van der Waals surface area contributed by atoms with Crippen molar-refractivity contribution in [2.45, 2.75) is 25.4 Å². The molecule has 0 radical (unpaired) electrons. The van der Waals surface area contributed by atoms with Crippen LogP contribution in [0.4, 0.5) is 0 Å². The molecule has 1 amide bonds. The molecule has 1 aliphatic rings. The average molecular weight is 378 g/mol. The highest BCUT2D eigenvalue weighted by Gasteiger charge is 2.31. The SMILES string of the molecule is O=C(c1ccncc1)N1CCC(c2nc(CCOCc3ccccc3)no2)C1. The minimum absolute atomic E-state index is 0.0129.